The summed E-state index contributed by atoms with van der Waals surface area (Å²) in [6, 6.07) is 14.8. The largest absolute Gasteiger partial charge is 0.323 e. The first-order valence-electron chi connectivity index (χ1n) is 5.56. The summed E-state index contributed by atoms with van der Waals surface area (Å²) in [5, 5.41) is 2.52. The van der Waals surface area contributed by atoms with E-state index in [0.717, 1.165) is 6.54 Å². The minimum Gasteiger partial charge on any atom is -0.323 e. The quantitative estimate of drug-likeness (QED) is 0.850. The maximum Gasteiger partial charge on any atom is 0.0430 e. The third kappa shape index (κ3) is 2.23. The summed E-state index contributed by atoms with van der Waals surface area (Å²) in [4.78, 5) is 2.12. The van der Waals surface area contributed by atoms with Crippen molar-refractivity contribution >= 4 is 10.8 Å². The van der Waals surface area contributed by atoms with Crippen LogP contribution >= 0.6 is 0 Å². The smallest absolute Gasteiger partial charge is 0.0430 e. The van der Waals surface area contributed by atoms with Crippen molar-refractivity contribution in [2.75, 3.05) is 20.6 Å². The Hall–Kier alpha value is -1.38. The normalized spacial score (nSPS) is 13.2. The van der Waals surface area contributed by atoms with Crippen LogP contribution in [0.3, 0.4) is 0 Å². The van der Waals surface area contributed by atoms with Crippen LogP contribution in [-0.2, 0) is 0 Å². The summed E-state index contributed by atoms with van der Waals surface area (Å²) in [7, 11) is 4.09. The van der Waals surface area contributed by atoms with Gasteiger partial charge in [0.1, 0.15) is 0 Å². The molecule has 0 saturated carbocycles. The average Bonchev–Trinajstić information content (AvgIpc) is 2.27. The Morgan fingerprint density at radius 3 is 2.50 bits per heavy atom. The highest BCUT2D eigenvalue weighted by molar-refractivity contribution is 5.86. The number of nitrogens with two attached hydrogens (primary N) is 1. The number of nitrogens with zero attached hydrogens (tertiary/aromatic N) is 1. The van der Waals surface area contributed by atoms with E-state index >= 15 is 0 Å². The summed E-state index contributed by atoms with van der Waals surface area (Å²) >= 11 is 0. The van der Waals surface area contributed by atoms with Gasteiger partial charge < -0.3 is 10.6 Å². The van der Waals surface area contributed by atoms with E-state index in [1.807, 2.05) is 14.1 Å². The van der Waals surface area contributed by atoms with E-state index in [4.69, 9.17) is 5.73 Å². The zero-order valence-corrected chi connectivity index (χ0v) is 9.85. The molecule has 0 aliphatic heterocycles. The fraction of sp³-hybridized carbons (Fsp3) is 0.286. The van der Waals surface area contributed by atoms with E-state index in [2.05, 4.69) is 47.4 Å². The lowest BCUT2D eigenvalue weighted by atomic mass is 9.99. The third-order valence-corrected chi connectivity index (χ3v) is 2.78. The van der Waals surface area contributed by atoms with Crippen LogP contribution in [0.2, 0.25) is 0 Å². The Labute approximate surface area is 96.7 Å². The van der Waals surface area contributed by atoms with Crippen LogP contribution in [0.1, 0.15) is 11.6 Å². The summed E-state index contributed by atoms with van der Waals surface area (Å²) in [6.45, 7) is 0.869. The summed E-state index contributed by atoms with van der Waals surface area (Å²) in [6.07, 6.45) is 0. The first-order valence-corrected chi connectivity index (χ1v) is 5.56. The number of benzene rings is 2. The van der Waals surface area contributed by atoms with Gasteiger partial charge in [0.15, 0.2) is 0 Å². The van der Waals surface area contributed by atoms with Crippen molar-refractivity contribution in [2.24, 2.45) is 5.73 Å². The molecule has 1 atom stereocenters. The molecule has 0 bridgehead atoms. The van der Waals surface area contributed by atoms with E-state index < -0.39 is 0 Å². The number of hydrogen-bond acceptors (Lipinski definition) is 2. The molecule has 0 fully saturated rings. The fourth-order valence-corrected chi connectivity index (χ4v) is 2.07. The fourth-order valence-electron chi connectivity index (χ4n) is 2.07. The number of hydrogen-bond donors (Lipinski definition) is 1. The summed E-state index contributed by atoms with van der Waals surface area (Å²) < 4.78 is 0. The lowest BCUT2D eigenvalue weighted by molar-refractivity contribution is 0.377. The molecule has 84 valence electrons. The average molecular weight is 214 g/mol. The standard InChI is InChI=1S/C14H18N2/c1-16(2)10-14(15)13-9-5-7-11-6-3-4-8-12(11)13/h3-9,14H,10,15H2,1-2H3. The molecule has 0 saturated heterocycles. The van der Waals surface area contributed by atoms with Crippen molar-refractivity contribution < 1.29 is 0 Å². The predicted molar refractivity (Wildman–Crippen MR) is 69.4 cm³/mol. The minimum atomic E-state index is 0.0705. The van der Waals surface area contributed by atoms with Gasteiger partial charge in [-0.2, -0.15) is 0 Å². The topological polar surface area (TPSA) is 29.3 Å². The van der Waals surface area contributed by atoms with Crippen LogP contribution in [0.25, 0.3) is 10.8 Å². The Morgan fingerprint density at radius 2 is 1.75 bits per heavy atom. The molecular formula is C14H18N2. The first kappa shape index (κ1) is 11.1. The van der Waals surface area contributed by atoms with Gasteiger partial charge in [-0.1, -0.05) is 42.5 Å². The lowest BCUT2D eigenvalue weighted by Gasteiger charge is -2.18. The summed E-state index contributed by atoms with van der Waals surface area (Å²) in [5.41, 5.74) is 7.45. The van der Waals surface area contributed by atoms with E-state index in [1.165, 1.54) is 16.3 Å². The molecule has 16 heavy (non-hydrogen) atoms. The second kappa shape index (κ2) is 4.64. The van der Waals surface area contributed by atoms with E-state index in [1.54, 1.807) is 0 Å². The number of fused-ring (bicyclic) bond motifs is 1. The maximum absolute atomic E-state index is 6.22. The van der Waals surface area contributed by atoms with Gasteiger partial charge in [-0.25, -0.2) is 0 Å². The van der Waals surface area contributed by atoms with Crippen LogP contribution < -0.4 is 5.73 Å². The number of likely N-dealkylation sites (N-methyl/N-ethyl adjacent to an activating group) is 1. The molecule has 0 aliphatic rings. The van der Waals surface area contributed by atoms with Gasteiger partial charge in [0.05, 0.1) is 0 Å². The lowest BCUT2D eigenvalue weighted by Crippen LogP contribution is -2.26. The first-order chi connectivity index (χ1) is 7.68. The van der Waals surface area contributed by atoms with Crippen LogP contribution in [-0.4, -0.2) is 25.5 Å². The van der Waals surface area contributed by atoms with Crippen molar-refractivity contribution in [3.8, 4) is 0 Å². The van der Waals surface area contributed by atoms with Crippen molar-refractivity contribution in [2.45, 2.75) is 6.04 Å². The van der Waals surface area contributed by atoms with E-state index in [9.17, 15) is 0 Å². The molecule has 0 aliphatic carbocycles. The van der Waals surface area contributed by atoms with Crippen molar-refractivity contribution in [3.05, 3.63) is 48.0 Å². The molecule has 0 heterocycles. The second-order valence-electron chi connectivity index (χ2n) is 4.44. The Morgan fingerprint density at radius 1 is 1.06 bits per heavy atom. The van der Waals surface area contributed by atoms with Gasteiger partial charge in [0, 0.05) is 12.6 Å². The van der Waals surface area contributed by atoms with Gasteiger partial charge in [-0.3, -0.25) is 0 Å². The second-order valence-corrected chi connectivity index (χ2v) is 4.44. The van der Waals surface area contributed by atoms with Gasteiger partial charge in [-0.05, 0) is 30.4 Å². The molecule has 2 heteroatoms. The van der Waals surface area contributed by atoms with Crippen molar-refractivity contribution in [3.63, 3.8) is 0 Å². The van der Waals surface area contributed by atoms with Gasteiger partial charge in [-0.15, -0.1) is 0 Å². The third-order valence-electron chi connectivity index (χ3n) is 2.78. The maximum atomic E-state index is 6.22. The number of rotatable bonds is 3. The highest BCUT2D eigenvalue weighted by Gasteiger charge is 2.09. The van der Waals surface area contributed by atoms with Gasteiger partial charge in [0.2, 0.25) is 0 Å². The van der Waals surface area contributed by atoms with Gasteiger partial charge in [0.25, 0.3) is 0 Å². The molecule has 2 aromatic rings. The molecule has 0 aromatic heterocycles. The molecule has 2 N–H and O–H groups in total. The van der Waals surface area contributed by atoms with Crippen molar-refractivity contribution in [1.82, 2.24) is 4.90 Å². The zero-order chi connectivity index (χ0) is 11.5. The molecule has 1 unspecified atom stereocenters. The van der Waals surface area contributed by atoms with E-state index in [-0.39, 0.29) is 6.04 Å². The Balaban J connectivity index is 2.44. The molecule has 0 amide bonds. The Kier molecular flexibility index (Phi) is 3.22. The van der Waals surface area contributed by atoms with Crippen LogP contribution in [0.5, 0.6) is 0 Å². The molecule has 2 nitrogen and oxygen atoms in total. The zero-order valence-electron chi connectivity index (χ0n) is 9.85. The van der Waals surface area contributed by atoms with Crippen LogP contribution in [0, 0.1) is 0 Å². The predicted octanol–water partition coefficient (Wildman–Crippen LogP) is 2.40. The molecule has 2 rings (SSSR count). The highest BCUT2D eigenvalue weighted by atomic mass is 15.1. The molecular weight excluding hydrogens is 196 g/mol. The van der Waals surface area contributed by atoms with Crippen molar-refractivity contribution in [1.29, 1.82) is 0 Å². The van der Waals surface area contributed by atoms with Gasteiger partial charge >= 0.3 is 0 Å². The molecule has 0 radical (unpaired) electrons. The minimum absolute atomic E-state index is 0.0705. The summed E-state index contributed by atoms with van der Waals surface area (Å²) in [5.74, 6) is 0. The van der Waals surface area contributed by atoms with E-state index in [0.29, 0.717) is 0 Å². The van der Waals surface area contributed by atoms with Crippen LogP contribution in [0.15, 0.2) is 42.5 Å². The Bertz CT molecular complexity index is 472. The highest BCUT2D eigenvalue weighted by Crippen LogP contribution is 2.23. The monoisotopic (exact) mass is 214 g/mol. The molecule has 2 aromatic carbocycles. The SMILES string of the molecule is CN(C)CC(N)c1cccc2ccccc12. The molecule has 0 spiro atoms. The van der Waals surface area contributed by atoms with Crippen LogP contribution in [0.4, 0.5) is 0 Å².